The van der Waals surface area contributed by atoms with E-state index in [1.807, 2.05) is 16.7 Å². The summed E-state index contributed by atoms with van der Waals surface area (Å²) in [7, 11) is 0. The lowest BCUT2D eigenvalue weighted by Crippen LogP contribution is -2.52. The van der Waals surface area contributed by atoms with Gasteiger partial charge in [-0.15, -0.1) is 11.3 Å². The van der Waals surface area contributed by atoms with Crippen molar-refractivity contribution < 1.29 is 23.9 Å². The van der Waals surface area contributed by atoms with Gasteiger partial charge in [-0.2, -0.15) is 0 Å². The molecule has 1 N–H and O–H groups in total. The predicted molar refractivity (Wildman–Crippen MR) is 106 cm³/mol. The van der Waals surface area contributed by atoms with Gasteiger partial charge in [0.05, 0.1) is 18.7 Å². The van der Waals surface area contributed by atoms with Crippen LogP contribution in [0.3, 0.4) is 0 Å². The van der Waals surface area contributed by atoms with Crippen LogP contribution in [0, 0.1) is 6.92 Å². The molecule has 2 fully saturated rings. The molecular weight excluding hydrogens is 382 g/mol. The molecule has 0 spiro atoms. The molecule has 154 valence electrons. The normalized spacial score (nSPS) is 20.2. The second-order valence-corrected chi connectivity index (χ2v) is 8.23. The number of amides is 2. The largest absolute Gasteiger partial charge is 0.462 e. The number of nitrogens with one attached hydrogen (secondary N) is 1. The van der Waals surface area contributed by atoms with Crippen LogP contribution in [-0.4, -0.2) is 79.6 Å². The van der Waals surface area contributed by atoms with Gasteiger partial charge in [-0.25, -0.2) is 4.79 Å². The van der Waals surface area contributed by atoms with Crippen molar-refractivity contribution in [2.75, 3.05) is 51.3 Å². The van der Waals surface area contributed by atoms with E-state index in [9.17, 15) is 14.4 Å². The minimum Gasteiger partial charge on any atom is -0.462 e. The van der Waals surface area contributed by atoms with E-state index in [1.165, 1.54) is 11.3 Å². The van der Waals surface area contributed by atoms with Gasteiger partial charge in [0.25, 0.3) is 5.91 Å². The van der Waals surface area contributed by atoms with Crippen LogP contribution in [0.2, 0.25) is 0 Å². The number of esters is 1. The van der Waals surface area contributed by atoms with Crippen LogP contribution >= 0.6 is 11.3 Å². The SMILES string of the molecule is CCOC(=O)c1cc(C)sc1NC(=O)CN1CCN(C(=O)[C@@H]2CCCO2)CC1. The number of rotatable bonds is 6. The number of aryl methyl sites for hydroxylation is 1. The number of hydrogen-bond donors (Lipinski definition) is 1. The van der Waals surface area contributed by atoms with E-state index >= 15 is 0 Å². The number of anilines is 1. The summed E-state index contributed by atoms with van der Waals surface area (Å²) in [5, 5.41) is 3.35. The molecule has 9 heteroatoms. The van der Waals surface area contributed by atoms with Gasteiger partial charge in [0.15, 0.2) is 0 Å². The van der Waals surface area contributed by atoms with E-state index in [0.29, 0.717) is 43.4 Å². The van der Waals surface area contributed by atoms with Gasteiger partial charge >= 0.3 is 5.97 Å². The maximum Gasteiger partial charge on any atom is 0.341 e. The summed E-state index contributed by atoms with van der Waals surface area (Å²) in [4.78, 5) is 41.6. The number of carbonyl (C=O) groups excluding carboxylic acids is 3. The lowest BCUT2D eigenvalue weighted by molar-refractivity contribution is -0.142. The zero-order chi connectivity index (χ0) is 20.1. The van der Waals surface area contributed by atoms with Crippen LogP contribution in [0.1, 0.15) is 35.0 Å². The number of ether oxygens (including phenoxy) is 2. The average Bonchev–Trinajstić information content (AvgIpc) is 3.32. The molecule has 0 bridgehead atoms. The quantitative estimate of drug-likeness (QED) is 0.717. The highest BCUT2D eigenvalue weighted by Crippen LogP contribution is 2.28. The molecule has 2 saturated heterocycles. The standard InChI is InChI=1S/C19H27N3O5S/c1-3-26-19(25)14-11-13(2)28-17(14)20-16(23)12-21-6-8-22(9-7-21)18(24)15-5-4-10-27-15/h11,15H,3-10,12H2,1-2H3,(H,20,23)/t15-/m0/s1. The van der Waals surface area contributed by atoms with E-state index in [1.54, 1.807) is 13.0 Å². The Morgan fingerprint density at radius 1 is 1.29 bits per heavy atom. The minimum atomic E-state index is -0.427. The molecule has 0 aliphatic carbocycles. The molecule has 1 atom stereocenters. The van der Waals surface area contributed by atoms with E-state index in [2.05, 4.69) is 5.32 Å². The van der Waals surface area contributed by atoms with Gasteiger partial charge in [-0.3, -0.25) is 14.5 Å². The molecular formula is C19H27N3O5S. The van der Waals surface area contributed by atoms with Gasteiger partial charge in [0.1, 0.15) is 11.1 Å². The monoisotopic (exact) mass is 409 g/mol. The molecule has 3 rings (SSSR count). The lowest BCUT2D eigenvalue weighted by atomic mass is 10.2. The van der Waals surface area contributed by atoms with Crippen LogP contribution in [-0.2, 0) is 19.1 Å². The fraction of sp³-hybridized carbons (Fsp3) is 0.632. The molecule has 28 heavy (non-hydrogen) atoms. The van der Waals surface area contributed by atoms with E-state index < -0.39 is 5.97 Å². The summed E-state index contributed by atoms with van der Waals surface area (Å²) in [5.74, 6) is -0.538. The van der Waals surface area contributed by atoms with Crippen LogP contribution in [0.25, 0.3) is 0 Å². The van der Waals surface area contributed by atoms with Gasteiger partial charge in [0.2, 0.25) is 5.91 Å². The van der Waals surface area contributed by atoms with Crippen molar-refractivity contribution in [2.45, 2.75) is 32.8 Å². The Balaban J connectivity index is 1.49. The van der Waals surface area contributed by atoms with E-state index in [4.69, 9.17) is 9.47 Å². The van der Waals surface area contributed by atoms with Crippen LogP contribution in [0.5, 0.6) is 0 Å². The molecule has 8 nitrogen and oxygen atoms in total. The van der Waals surface area contributed by atoms with Gasteiger partial charge in [0, 0.05) is 37.7 Å². The minimum absolute atomic E-state index is 0.0646. The van der Waals surface area contributed by atoms with Crippen molar-refractivity contribution in [3.8, 4) is 0 Å². The Labute approximate surface area is 168 Å². The van der Waals surface area contributed by atoms with Gasteiger partial charge in [-0.1, -0.05) is 0 Å². The zero-order valence-corrected chi connectivity index (χ0v) is 17.2. The first-order chi connectivity index (χ1) is 13.5. The Hall–Kier alpha value is -1.97. The smallest absolute Gasteiger partial charge is 0.341 e. The summed E-state index contributed by atoms with van der Waals surface area (Å²) >= 11 is 1.36. The fourth-order valence-electron chi connectivity index (χ4n) is 3.44. The van der Waals surface area contributed by atoms with Crippen LogP contribution in [0.15, 0.2) is 6.07 Å². The number of piperazine rings is 1. The fourth-order valence-corrected chi connectivity index (χ4v) is 4.36. The third-order valence-corrected chi connectivity index (χ3v) is 5.83. The molecule has 0 aromatic carbocycles. The van der Waals surface area contributed by atoms with Crippen LogP contribution < -0.4 is 5.32 Å². The van der Waals surface area contributed by atoms with Crippen molar-refractivity contribution in [3.63, 3.8) is 0 Å². The van der Waals surface area contributed by atoms with Gasteiger partial charge < -0.3 is 19.7 Å². The molecule has 0 unspecified atom stereocenters. The second kappa shape index (κ2) is 9.49. The Kier molecular flexibility index (Phi) is 7.03. The molecule has 2 amide bonds. The zero-order valence-electron chi connectivity index (χ0n) is 16.4. The Bertz CT molecular complexity index is 721. The van der Waals surface area contributed by atoms with Gasteiger partial charge in [-0.05, 0) is 32.8 Å². The first-order valence-corrected chi connectivity index (χ1v) is 10.5. The molecule has 1 aromatic rings. The number of thiophene rings is 1. The van der Waals surface area contributed by atoms with Crippen molar-refractivity contribution in [1.82, 2.24) is 9.80 Å². The van der Waals surface area contributed by atoms with Crippen molar-refractivity contribution in [1.29, 1.82) is 0 Å². The van der Waals surface area contributed by atoms with E-state index in [0.717, 1.165) is 17.7 Å². The first kappa shape index (κ1) is 20.8. The summed E-state index contributed by atoms with van der Waals surface area (Å²) in [5.41, 5.74) is 0.393. The third-order valence-electron chi connectivity index (χ3n) is 4.86. The van der Waals surface area contributed by atoms with Crippen LogP contribution in [0.4, 0.5) is 5.00 Å². The predicted octanol–water partition coefficient (Wildman–Crippen LogP) is 1.49. The van der Waals surface area contributed by atoms with Crippen molar-refractivity contribution >= 4 is 34.1 Å². The van der Waals surface area contributed by atoms with Crippen molar-refractivity contribution in [3.05, 3.63) is 16.5 Å². The molecule has 2 aliphatic heterocycles. The summed E-state index contributed by atoms with van der Waals surface area (Å²) in [6.07, 6.45) is 1.44. The summed E-state index contributed by atoms with van der Waals surface area (Å²) in [6, 6.07) is 1.73. The highest BCUT2D eigenvalue weighted by atomic mass is 32.1. The summed E-state index contributed by atoms with van der Waals surface area (Å²) < 4.78 is 10.5. The molecule has 1 aromatic heterocycles. The molecule has 0 saturated carbocycles. The highest BCUT2D eigenvalue weighted by molar-refractivity contribution is 7.16. The first-order valence-electron chi connectivity index (χ1n) is 9.68. The highest BCUT2D eigenvalue weighted by Gasteiger charge is 2.30. The van der Waals surface area contributed by atoms with Crippen molar-refractivity contribution in [2.24, 2.45) is 0 Å². The molecule has 0 radical (unpaired) electrons. The number of hydrogen-bond acceptors (Lipinski definition) is 7. The second-order valence-electron chi connectivity index (χ2n) is 6.97. The maximum atomic E-state index is 12.4. The maximum absolute atomic E-state index is 12.4. The number of carbonyl (C=O) groups is 3. The summed E-state index contributed by atoms with van der Waals surface area (Å²) in [6.45, 7) is 7.27. The lowest BCUT2D eigenvalue weighted by Gasteiger charge is -2.35. The average molecular weight is 410 g/mol. The topological polar surface area (TPSA) is 88.2 Å². The van der Waals surface area contributed by atoms with E-state index in [-0.39, 0.29) is 31.1 Å². The third kappa shape index (κ3) is 5.09. The Morgan fingerprint density at radius 3 is 2.68 bits per heavy atom. The molecule has 3 heterocycles. The number of nitrogens with zero attached hydrogens (tertiary/aromatic N) is 2. The Morgan fingerprint density at radius 2 is 2.04 bits per heavy atom. The molecule has 2 aliphatic rings.